The number of aryl methyl sites for hydroxylation is 5. The van der Waals surface area contributed by atoms with Gasteiger partial charge in [-0.3, -0.25) is 4.79 Å². The van der Waals surface area contributed by atoms with Gasteiger partial charge in [-0.2, -0.15) is 12.6 Å². The van der Waals surface area contributed by atoms with Gasteiger partial charge in [0.2, 0.25) is 5.91 Å². The minimum Gasteiger partial charge on any atom is -0.494 e. The Bertz CT molecular complexity index is 1330. The highest BCUT2D eigenvalue weighted by molar-refractivity contribution is 7.79. The summed E-state index contributed by atoms with van der Waals surface area (Å²) in [6.07, 6.45) is 5.82. The molecule has 36 heavy (non-hydrogen) atoms. The monoisotopic (exact) mass is 525 g/mol. The normalized spacial score (nSPS) is 10.9. The lowest BCUT2D eigenvalue weighted by Gasteiger charge is -2.12. The van der Waals surface area contributed by atoms with Crippen LogP contribution in [0.25, 0.3) is 22.2 Å². The molecule has 0 aliphatic heterocycles. The molecule has 0 saturated heterocycles. The van der Waals surface area contributed by atoms with Crippen LogP contribution in [0.2, 0.25) is 5.02 Å². The van der Waals surface area contributed by atoms with E-state index < -0.39 is 0 Å². The smallest absolute Gasteiger partial charge is 0.219 e. The second kappa shape index (κ2) is 12.4. The van der Waals surface area contributed by atoms with Gasteiger partial charge in [0.15, 0.2) is 0 Å². The van der Waals surface area contributed by atoms with Gasteiger partial charge in [-0.15, -0.1) is 0 Å². The zero-order chi connectivity index (χ0) is 26.4. The Labute approximate surface area is 224 Å². The SMILES string of the molecule is CS.Cc1cc(OCCCc2c(C)n(CCC(N)=O)c3c(-c4cccn4C)cccc23)cc(C)c1Cl. The van der Waals surface area contributed by atoms with E-state index in [1.165, 1.54) is 16.6 Å². The number of thiol groups is 1. The molecule has 2 aromatic carbocycles. The summed E-state index contributed by atoms with van der Waals surface area (Å²) >= 11 is 9.81. The van der Waals surface area contributed by atoms with E-state index in [0.29, 0.717) is 19.6 Å². The molecule has 0 atom stereocenters. The molecule has 0 aliphatic carbocycles. The van der Waals surface area contributed by atoms with Crippen molar-refractivity contribution in [1.29, 1.82) is 0 Å². The van der Waals surface area contributed by atoms with E-state index in [-0.39, 0.29) is 5.91 Å². The summed E-state index contributed by atoms with van der Waals surface area (Å²) in [6.45, 7) is 7.32. The van der Waals surface area contributed by atoms with Gasteiger partial charge in [0, 0.05) is 53.6 Å². The molecule has 4 rings (SSSR count). The molecule has 0 bridgehead atoms. The maximum Gasteiger partial charge on any atom is 0.219 e. The first-order chi connectivity index (χ1) is 17.3. The van der Waals surface area contributed by atoms with E-state index in [1.807, 2.05) is 26.0 Å². The number of benzene rings is 2. The first-order valence-corrected chi connectivity index (χ1v) is 13.4. The third-order valence-electron chi connectivity index (χ3n) is 6.52. The summed E-state index contributed by atoms with van der Waals surface area (Å²) in [5.74, 6) is 0.562. The average Bonchev–Trinajstić information content (AvgIpc) is 3.40. The Morgan fingerprint density at radius 1 is 1.08 bits per heavy atom. The van der Waals surface area contributed by atoms with Crippen LogP contribution in [-0.2, 0) is 24.8 Å². The van der Waals surface area contributed by atoms with Crippen molar-refractivity contribution in [3.63, 3.8) is 0 Å². The van der Waals surface area contributed by atoms with Crippen LogP contribution in [0.5, 0.6) is 5.75 Å². The number of nitrogens with two attached hydrogens (primary N) is 1. The predicted molar refractivity (Wildman–Crippen MR) is 155 cm³/mol. The molecule has 0 saturated carbocycles. The summed E-state index contributed by atoms with van der Waals surface area (Å²) in [5.41, 5.74) is 13.5. The molecule has 7 heteroatoms. The first-order valence-electron chi connectivity index (χ1n) is 12.1. The molecule has 2 N–H and O–H groups in total. The number of ether oxygens (including phenoxy) is 1. The minimum absolute atomic E-state index is 0.291. The number of primary amides is 1. The Hall–Kier alpha value is -2.83. The molecular formula is C29H36ClN3O2S. The zero-order valence-corrected chi connectivity index (χ0v) is 23.4. The van der Waals surface area contributed by atoms with Crippen molar-refractivity contribution in [1.82, 2.24) is 9.13 Å². The van der Waals surface area contributed by atoms with E-state index in [0.717, 1.165) is 51.5 Å². The van der Waals surface area contributed by atoms with Crippen molar-refractivity contribution in [2.45, 2.75) is 46.6 Å². The highest BCUT2D eigenvalue weighted by Gasteiger charge is 2.19. The third kappa shape index (κ3) is 5.93. The molecule has 0 radical (unpaired) electrons. The van der Waals surface area contributed by atoms with Crippen LogP contribution >= 0.6 is 24.2 Å². The van der Waals surface area contributed by atoms with Gasteiger partial charge < -0.3 is 19.6 Å². The fourth-order valence-corrected chi connectivity index (χ4v) is 4.91. The highest BCUT2D eigenvalue weighted by atomic mass is 35.5. The van der Waals surface area contributed by atoms with Crippen molar-refractivity contribution in [3.8, 4) is 17.0 Å². The lowest BCUT2D eigenvalue weighted by molar-refractivity contribution is -0.118. The molecule has 192 valence electrons. The molecule has 2 heterocycles. The molecule has 1 amide bonds. The Balaban J connectivity index is 0.00000176. The zero-order valence-electron chi connectivity index (χ0n) is 21.8. The number of amides is 1. The summed E-state index contributed by atoms with van der Waals surface area (Å²) in [7, 11) is 2.05. The number of rotatable bonds is 9. The minimum atomic E-state index is -0.291. The number of carbonyl (C=O) groups excluding carboxylic acids is 1. The molecule has 2 aromatic heterocycles. The first kappa shape index (κ1) is 27.8. The van der Waals surface area contributed by atoms with Crippen molar-refractivity contribution in [3.05, 3.63) is 76.1 Å². The van der Waals surface area contributed by atoms with Gasteiger partial charge in [-0.25, -0.2) is 0 Å². The van der Waals surface area contributed by atoms with Crippen LogP contribution in [0.4, 0.5) is 0 Å². The standard InChI is InChI=1S/C28H32ClN3O2.CH4S/c1-18-16-21(17-19(2)27(18)29)34-15-7-10-22-20(3)32(14-12-26(30)33)28-23(22)8-5-9-24(28)25-11-6-13-31(25)4;1-2/h5-6,8-9,11,13,16-17H,7,10,12,14-15H2,1-4H3,(H2,30,33);2H,1H3. The number of hydrogen-bond acceptors (Lipinski definition) is 3. The van der Waals surface area contributed by atoms with Gasteiger partial charge in [0.1, 0.15) is 5.75 Å². The number of para-hydroxylation sites is 1. The summed E-state index contributed by atoms with van der Waals surface area (Å²) in [4.78, 5) is 11.6. The van der Waals surface area contributed by atoms with E-state index >= 15 is 0 Å². The summed E-state index contributed by atoms with van der Waals surface area (Å²) in [6, 6.07) is 14.6. The fourth-order valence-electron chi connectivity index (χ4n) is 4.80. The molecule has 0 fully saturated rings. The molecule has 5 nitrogen and oxygen atoms in total. The molecule has 4 aromatic rings. The van der Waals surface area contributed by atoms with E-state index in [2.05, 4.69) is 72.3 Å². The van der Waals surface area contributed by atoms with Crippen LogP contribution in [0.15, 0.2) is 48.7 Å². The van der Waals surface area contributed by atoms with Gasteiger partial charge in [0.05, 0.1) is 12.1 Å². The van der Waals surface area contributed by atoms with E-state index in [1.54, 1.807) is 6.26 Å². The summed E-state index contributed by atoms with van der Waals surface area (Å²) in [5, 5.41) is 2.01. The number of fused-ring (bicyclic) bond motifs is 1. The lowest BCUT2D eigenvalue weighted by Crippen LogP contribution is -2.14. The van der Waals surface area contributed by atoms with E-state index in [9.17, 15) is 4.79 Å². The highest BCUT2D eigenvalue weighted by Crippen LogP contribution is 2.35. The van der Waals surface area contributed by atoms with Gasteiger partial charge in [-0.1, -0.05) is 29.8 Å². The lowest BCUT2D eigenvalue weighted by atomic mass is 10.0. The van der Waals surface area contributed by atoms with Crippen LogP contribution in [0, 0.1) is 20.8 Å². The second-order valence-electron chi connectivity index (χ2n) is 8.96. The largest absolute Gasteiger partial charge is 0.494 e. The maximum atomic E-state index is 11.6. The number of carbonyl (C=O) groups is 1. The number of halogens is 1. The van der Waals surface area contributed by atoms with Crippen LogP contribution < -0.4 is 10.5 Å². The van der Waals surface area contributed by atoms with Gasteiger partial charge in [-0.05, 0) is 80.8 Å². The Kier molecular flexibility index (Phi) is 9.57. The number of hydrogen-bond donors (Lipinski definition) is 2. The Morgan fingerprint density at radius 3 is 2.39 bits per heavy atom. The molecule has 0 unspecified atom stereocenters. The van der Waals surface area contributed by atoms with Crippen LogP contribution in [-0.4, -0.2) is 27.9 Å². The van der Waals surface area contributed by atoms with Crippen LogP contribution in [0.1, 0.15) is 35.2 Å². The molecule has 0 aliphatic rings. The second-order valence-corrected chi connectivity index (χ2v) is 9.34. The average molecular weight is 526 g/mol. The number of nitrogens with zero attached hydrogens (tertiary/aromatic N) is 2. The third-order valence-corrected chi connectivity index (χ3v) is 7.12. The van der Waals surface area contributed by atoms with Crippen molar-refractivity contribution in [2.75, 3.05) is 12.9 Å². The predicted octanol–water partition coefficient (Wildman–Crippen LogP) is 6.66. The van der Waals surface area contributed by atoms with Gasteiger partial charge >= 0.3 is 0 Å². The molecule has 0 spiro atoms. The van der Waals surface area contributed by atoms with Crippen molar-refractivity contribution < 1.29 is 9.53 Å². The van der Waals surface area contributed by atoms with Gasteiger partial charge in [0.25, 0.3) is 0 Å². The number of aromatic nitrogens is 2. The topological polar surface area (TPSA) is 62.2 Å². The summed E-state index contributed by atoms with van der Waals surface area (Å²) < 4.78 is 10.4. The van der Waals surface area contributed by atoms with Crippen molar-refractivity contribution in [2.24, 2.45) is 12.8 Å². The van der Waals surface area contributed by atoms with Crippen LogP contribution in [0.3, 0.4) is 0 Å². The fraction of sp³-hybridized carbons (Fsp3) is 0.345. The van der Waals surface area contributed by atoms with E-state index in [4.69, 9.17) is 22.1 Å². The molecular weight excluding hydrogens is 490 g/mol. The quantitative estimate of drug-likeness (QED) is 0.189. The Morgan fingerprint density at radius 2 is 1.78 bits per heavy atom. The maximum absolute atomic E-state index is 11.6. The van der Waals surface area contributed by atoms with Crippen molar-refractivity contribution >= 4 is 41.0 Å².